The van der Waals surface area contributed by atoms with Crippen LogP contribution in [0.15, 0.2) is 18.2 Å². The third-order valence-electron chi connectivity index (χ3n) is 4.05. The minimum atomic E-state index is -0.831. The van der Waals surface area contributed by atoms with Crippen LogP contribution in [0.2, 0.25) is 0 Å². The molecule has 1 saturated heterocycles. The van der Waals surface area contributed by atoms with Gasteiger partial charge < -0.3 is 10.6 Å². The van der Waals surface area contributed by atoms with Crippen LogP contribution in [0.4, 0.5) is 8.78 Å². The summed E-state index contributed by atoms with van der Waals surface area (Å²) in [6.45, 7) is 2.46. The van der Waals surface area contributed by atoms with Crippen molar-refractivity contribution in [2.75, 3.05) is 33.7 Å². The van der Waals surface area contributed by atoms with Gasteiger partial charge in [-0.2, -0.15) is 0 Å². The topological polar surface area (TPSA) is 32.5 Å². The van der Waals surface area contributed by atoms with Crippen LogP contribution in [-0.4, -0.2) is 49.6 Å². The van der Waals surface area contributed by atoms with Gasteiger partial charge in [0.25, 0.3) is 0 Å². The van der Waals surface area contributed by atoms with Gasteiger partial charge in [-0.3, -0.25) is 4.90 Å². The van der Waals surface area contributed by atoms with Gasteiger partial charge in [-0.25, -0.2) is 8.78 Å². The Morgan fingerprint density at radius 2 is 2.15 bits per heavy atom. The predicted molar refractivity (Wildman–Crippen MR) is 76.4 cm³/mol. The number of rotatable bonds is 4. The van der Waals surface area contributed by atoms with Crippen LogP contribution in [0.1, 0.15) is 24.4 Å². The largest absolute Gasteiger partial charge is 0.323 e. The van der Waals surface area contributed by atoms with Crippen molar-refractivity contribution in [1.82, 2.24) is 9.80 Å². The summed E-state index contributed by atoms with van der Waals surface area (Å²) < 4.78 is 27.0. The molecule has 0 spiro atoms. The molecule has 1 aliphatic heterocycles. The highest BCUT2D eigenvalue weighted by molar-refractivity contribution is 5.22. The molecule has 1 fully saturated rings. The molecular weight excluding hydrogens is 260 g/mol. The second kappa shape index (κ2) is 6.61. The highest BCUT2D eigenvalue weighted by Gasteiger charge is 2.24. The lowest BCUT2D eigenvalue weighted by Gasteiger charge is -2.37. The SMILES string of the molecule is CN(C)C1CCCN(CC(N)c2cccc(F)c2F)C1. The van der Waals surface area contributed by atoms with Crippen molar-refractivity contribution in [1.29, 1.82) is 0 Å². The summed E-state index contributed by atoms with van der Waals surface area (Å²) in [5.74, 6) is -1.65. The Hall–Kier alpha value is -1.04. The van der Waals surface area contributed by atoms with Gasteiger partial charge in [-0.15, -0.1) is 0 Å². The van der Waals surface area contributed by atoms with Crippen LogP contribution in [-0.2, 0) is 0 Å². The van der Waals surface area contributed by atoms with E-state index in [-0.39, 0.29) is 5.56 Å². The Morgan fingerprint density at radius 3 is 2.85 bits per heavy atom. The molecule has 1 aliphatic rings. The van der Waals surface area contributed by atoms with Crippen molar-refractivity contribution in [3.8, 4) is 0 Å². The second-order valence-electron chi connectivity index (χ2n) is 5.77. The summed E-state index contributed by atoms with van der Waals surface area (Å²) in [7, 11) is 4.14. The normalized spacial score (nSPS) is 22.2. The fraction of sp³-hybridized carbons (Fsp3) is 0.600. The van der Waals surface area contributed by atoms with Crippen molar-refractivity contribution in [2.45, 2.75) is 24.9 Å². The zero-order valence-corrected chi connectivity index (χ0v) is 12.1. The highest BCUT2D eigenvalue weighted by atomic mass is 19.2. The Labute approximate surface area is 119 Å². The lowest BCUT2D eigenvalue weighted by atomic mass is 10.0. The zero-order valence-electron chi connectivity index (χ0n) is 12.1. The molecule has 2 rings (SSSR count). The maximum Gasteiger partial charge on any atom is 0.163 e. The summed E-state index contributed by atoms with van der Waals surface area (Å²) in [5.41, 5.74) is 6.32. The molecule has 1 aromatic rings. The first kappa shape index (κ1) is 15.4. The minimum Gasteiger partial charge on any atom is -0.323 e. The highest BCUT2D eigenvalue weighted by Crippen LogP contribution is 2.21. The molecule has 1 aromatic carbocycles. The third-order valence-corrected chi connectivity index (χ3v) is 4.05. The number of nitrogens with zero attached hydrogens (tertiary/aromatic N) is 2. The Bertz CT molecular complexity index is 451. The minimum absolute atomic E-state index is 0.261. The van der Waals surface area contributed by atoms with Crippen molar-refractivity contribution < 1.29 is 8.78 Å². The lowest BCUT2D eigenvalue weighted by Crippen LogP contribution is -2.47. The summed E-state index contributed by atoms with van der Waals surface area (Å²) in [5, 5.41) is 0. The van der Waals surface area contributed by atoms with Crippen LogP contribution in [0.5, 0.6) is 0 Å². The fourth-order valence-electron chi connectivity index (χ4n) is 2.80. The monoisotopic (exact) mass is 283 g/mol. The number of halogens is 2. The van der Waals surface area contributed by atoms with E-state index in [0.717, 1.165) is 25.6 Å². The van der Waals surface area contributed by atoms with Crippen molar-refractivity contribution in [3.05, 3.63) is 35.4 Å². The van der Waals surface area contributed by atoms with Crippen molar-refractivity contribution in [2.24, 2.45) is 5.73 Å². The number of hydrogen-bond donors (Lipinski definition) is 1. The van der Waals surface area contributed by atoms with Crippen LogP contribution in [0.25, 0.3) is 0 Å². The van der Waals surface area contributed by atoms with Crippen LogP contribution in [0, 0.1) is 11.6 Å². The number of likely N-dealkylation sites (N-methyl/N-ethyl adjacent to an activating group) is 1. The smallest absolute Gasteiger partial charge is 0.163 e. The molecule has 0 amide bonds. The van der Waals surface area contributed by atoms with Crippen LogP contribution >= 0.6 is 0 Å². The van der Waals surface area contributed by atoms with Gasteiger partial charge in [0.1, 0.15) is 0 Å². The molecule has 3 nitrogen and oxygen atoms in total. The van der Waals surface area contributed by atoms with E-state index in [9.17, 15) is 8.78 Å². The van der Waals surface area contributed by atoms with Crippen molar-refractivity contribution in [3.63, 3.8) is 0 Å². The van der Waals surface area contributed by atoms with Gasteiger partial charge in [0.15, 0.2) is 11.6 Å². The van der Waals surface area contributed by atoms with E-state index in [4.69, 9.17) is 5.73 Å². The van der Waals surface area contributed by atoms with E-state index in [0.29, 0.717) is 12.6 Å². The first-order chi connectivity index (χ1) is 9.49. The maximum atomic E-state index is 13.7. The molecule has 0 aromatic heterocycles. The van der Waals surface area contributed by atoms with E-state index in [1.54, 1.807) is 6.07 Å². The molecule has 1 heterocycles. The van der Waals surface area contributed by atoms with E-state index >= 15 is 0 Å². The van der Waals surface area contributed by atoms with Crippen LogP contribution < -0.4 is 5.73 Å². The van der Waals surface area contributed by atoms with Gasteiger partial charge in [0, 0.05) is 30.7 Å². The van der Waals surface area contributed by atoms with E-state index < -0.39 is 17.7 Å². The van der Waals surface area contributed by atoms with Gasteiger partial charge >= 0.3 is 0 Å². The van der Waals surface area contributed by atoms with Gasteiger partial charge in [-0.1, -0.05) is 12.1 Å². The van der Waals surface area contributed by atoms with E-state index in [2.05, 4.69) is 23.9 Å². The quantitative estimate of drug-likeness (QED) is 0.917. The Kier molecular flexibility index (Phi) is 5.07. The number of nitrogens with two attached hydrogens (primary N) is 1. The number of benzene rings is 1. The Balaban J connectivity index is 2.00. The second-order valence-corrected chi connectivity index (χ2v) is 5.77. The summed E-state index contributed by atoms with van der Waals surface area (Å²) in [4.78, 5) is 4.45. The molecule has 0 bridgehead atoms. The molecule has 0 saturated carbocycles. The number of hydrogen-bond acceptors (Lipinski definition) is 3. The fourth-order valence-corrected chi connectivity index (χ4v) is 2.80. The molecule has 112 valence electrons. The van der Waals surface area contributed by atoms with Gasteiger partial charge in [0.05, 0.1) is 0 Å². The first-order valence-corrected chi connectivity index (χ1v) is 7.07. The first-order valence-electron chi connectivity index (χ1n) is 7.07. The molecule has 0 radical (unpaired) electrons. The molecular formula is C15H23F2N3. The molecule has 5 heteroatoms. The van der Waals surface area contributed by atoms with Gasteiger partial charge in [0.2, 0.25) is 0 Å². The number of likely N-dealkylation sites (tertiary alicyclic amines) is 1. The average molecular weight is 283 g/mol. The zero-order chi connectivity index (χ0) is 14.7. The van der Waals surface area contributed by atoms with Gasteiger partial charge in [-0.05, 0) is 39.5 Å². The molecule has 2 N–H and O–H groups in total. The third kappa shape index (κ3) is 3.53. The predicted octanol–water partition coefficient (Wildman–Crippen LogP) is 1.99. The molecule has 2 atom stereocenters. The summed E-state index contributed by atoms with van der Waals surface area (Å²) in [6, 6.07) is 4.21. The molecule has 0 aliphatic carbocycles. The molecule has 20 heavy (non-hydrogen) atoms. The Morgan fingerprint density at radius 1 is 1.40 bits per heavy atom. The number of piperidine rings is 1. The lowest BCUT2D eigenvalue weighted by molar-refractivity contribution is 0.127. The standard InChI is InChI=1S/C15H23F2N3/c1-19(2)11-5-4-8-20(9-11)10-14(18)12-6-3-7-13(16)15(12)17/h3,6-7,11,14H,4-5,8-10,18H2,1-2H3. The van der Waals surface area contributed by atoms with Crippen molar-refractivity contribution >= 4 is 0 Å². The molecule has 2 unspecified atom stereocenters. The van der Waals surface area contributed by atoms with Crippen LogP contribution in [0.3, 0.4) is 0 Å². The van der Waals surface area contributed by atoms with E-state index in [1.807, 2.05) is 0 Å². The maximum absolute atomic E-state index is 13.7. The van der Waals surface area contributed by atoms with E-state index in [1.165, 1.54) is 12.5 Å². The average Bonchev–Trinajstić information content (AvgIpc) is 2.42. The summed E-state index contributed by atoms with van der Waals surface area (Å²) in [6.07, 6.45) is 2.29. The summed E-state index contributed by atoms with van der Waals surface area (Å²) >= 11 is 0.